The summed E-state index contributed by atoms with van der Waals surface area (Å²) in [5.41, 5.74) is 0. The van der Waals surface area contributed by atoms with E-state index >= 15 is 0 Å². The van der Waals surface area contributed by atoms with Gasteiger partial charge in [-0.25, -0.2) is 0 Å². The number of hydrogen-bond donors (Lipinski definition) is 0. The molecular formula is C13H23ClO2. The number of esters is 1. The van der Waals surface area contributed by atoms with Gasteiger partial charge in [0, 0.05) is 0 Å². The predicted molar refractivity (Wildman–Crippen MR) is 66.5 cm³/mol. The molecule has 0 spiro atoms. The third-order valence-corrected chi connectivity index (χ3v) is 3.73. The van der Waals surface area contributed by atoms with Gasteiger partial charge in [0.15, 0.2) is 0 Å². The SMILES string of the molecule is CC(C)[C@@H]1CC[C@@H](C)C[C@H]1OC(=O)[C@H](C)Cl. The maximum atomic E-state index is 11.5. The molecule has 16 heavy (non-hydrogen) atoms. The summed E-state index contributed by atoms with van der Waals surface area (Å²) in [5.74, 6) is 1.44. The van der Waals surface area contributed by atoms with Crippen LogP contribution in [0.25, 0.3) is 0 Å². The highest BCUT2D eigenvalue weighted by molar-refractivity contribution is 6.29. The lowest BCUT2D eigenvalue weighted by atomic mass is 9.75. The number of carbonyl (C=O) groups excluding carboxylic acids is 1. The summed E-state index contributed by atoms with van der Waals surface area (Å²) in [4.78, 5) is 11.5. The van der Waals surface area contributed by atoms with Crippen LogP contribution < -0.4 is 0 Å². The van der Waals surface area contributed by atoms with E-state index in [9.17, 15) is 4.79 Å². The smallest absolute Gasteiger partial charge is 0.324 e. The van der Waals surface area contributed by atoms with Crippen molar-refractivity contribution < 1.29 is 9.53 Å². The van der Waals surface area contributed by atoms with Crippen LogP contribution in [0.2, 0.25) is 0 Å². The van der Waals surface area contributed by atoms with Gasteiger partial charge in [0.1, 0.15) is 11.5 Å². The summed E-state index contributed by atoms with van der Waals surface area (Å²) < 4.78 is 5.53. The first-order valence-electron chi connectivity index (χ1n) is 6.26. The highest BCUT2D eigenvalue weighted by atomic mass is 35.5. The van der Waals surface area contributed by atoms with E-state index in [1.54, 1.807) is 6.92 Å². The van der Waals surface area contributed by atoms with Crippen LogP contribution >= 0.6 is 11.6 Å². The lowest BCUT2D eigenvalue weighted by molar-refractivity contribution is -0.155. The van der Waals surface area contributed by atoms with Crippen molar-refractivity contribution in [3.05, 3.63) is 0 Å². The molecule has 0 amide bonds. The first-order valence-corrected chi connectivity index (χ1v) is 6.70. The Morgan fingerprint density at radius 1 is 1.31 bits per heavy atom. The van der Waals surface area contributed by atoms with E-state index in [-0.39, 0.29) is 12.1 Å². The van der Waals surface area contributed by atoms with Crippen LogP contribution in [0.1, 0.15) is 47.0 Å². The molecule has 1 aliphatic carbocycles. The molecule has 4 atom stereocenters. The number of ether oxygens (including phenoxy) is 1. The quantitative estimate of drug-likeness (QED) is 0.562. The van der Waals surface area contributed by atoms with Gasteiger partial charge in [0.25, 0.3) is 0 Å². The fourth-order valence-electron chi connectivity index (χ4n) is 2.49. The van der Waals surface area contributed by atoms with Crippen molar-refractivity contribution in [2.45, 2.75) is 58.4 Å². The van der Waals surface area contributed by atoms with E-state index < -0.39 is 5.38 Å². The fourth-order valence-corrected chi connectivity index (χ4v) is 2.54. The molecule has 0 radical (unpaired) electrons. The number of alkyl halides is 1. The normalized spacial score (nSPS) is 32.5. The van der Waals surface area contributed by atoms with Crippen LogP contribution in [0.15, 0.2) is 0 Å². The second-order valence-electron chi connectivity index (χ2n) is 5.42. The zero-order valence-corrected chi connectivity index (χ0v) is 11.5. The van der Waals surface area contributed by atoms with Crippen molar-refractivity contribution in [3.63, 3.8) is 0 Å². The Morgan fingerprint density at radius 3 is 2.44 bits per heavy atom. The van der Waals surface area contributed by atoms with Crippen LogP contribution in [-0.2, 0) is 9.53 Å². The van der Waals surface area contributed by atoms with Crippen LogP contribution in [0.3, 0.4) is 0 Å². The molecule has 1 rings (SSSR count). The van der Waals surface area contributed by atoms with Gasteiger partial charge in [-0.2, -0.15) is 0 Å². The van der Waals surface area contributed by atoms with E-state index in [0.717, 1.165) is 12.8 Å². The Hall–Kier alpha value is -0.240. The molecule has 0 aromatic carbocycles. The summed E-state index contributed by atoms with van der Waals surface area (Å²) >= 11 is 5.74. The molecule has 1 saturated carbocycles. The van der Waals surface area contributed by atoms with Crippen molar-refractivity contribution in [1.82, 2.24) is 0 Å². The largest absolute Gasteiger partial charge is 0.461 e. The highest BCUT2D eigenvalue weighted by Gasteiger charge is 2.33. The molecule has 1 aliphatic rings. The lowest BCUT2D eigenvalue weighted by Crippen LogP contribution is -2.37. The zero-order valence-electron chi connectivity index (χ0n) is 10.7. The van der Waals surface area contributed by atoms with Gasteiger partial charge in [0.05, 0.1) is 0 Å². The van der Waals surface area contributed by atoms with Crippen LogP contribution in [0.4, 0.5) is 0 Å². The molecule has 1 fully saturated rings. The molecule has 0 aromatic heterocycles. The maximum Gasteiger partial charge on any atom is 0.324 e. The average molecular weight is 247 g/mol. The molecule has 3 heteroatoms. The number of carbonyl (C=O) groups is 1. The predicted octanol–water partition coefficient (Wildman–Crippen LogP) is 3.62. The third kappa shape index (κ3) is 3.65. The van der Waals surface area contributed by atoms with Gasteiger partial charge in [-0.15, -0.1) is 11.6 Å². The maximum absolute atomic E-state index is 11.5. The lowest BCUT2D eigenvalue weighted by Gasteiger charge is -2.36. The van der Waals surface area contributed by atoms with Gasteiger partial charge in [-0.3, -0.25) is 4.79 Å². The Labute approximate surface area is 104 Å². The standard InChI is InChI=1S/C13H23ClO2/c1-8(2)11-6-5-9(3)7-12(11)16-13(15)10(4)14/h8-12H,5-7H2,1-4H3/t9-,10+,11+,12-/m1/s1. The Kier molecular flexibility index (Phi) is 5.10. The van der Waals surface area contributed by atoms with Gasteiger partial charge in [-0.1, -0.05) is 27.2 Å². The van der Waals surface area contributed by atoms with E-state index in [0.29, 0.717) is 17.8 Å². The van der Waals surface area contributed by atoms with Gasteiger partial charge in [0.2, 0.25) is 0 Å². The number of rotatable bonds is 3. The topological polar surface area (TPSA) is 26.3 Å². The second-order valence-corrected chi connectivity index (χ2v) is 6.07. The summed E-state index contributed by atoms with van der Waals surface area (Å²) in [6.07, 6.45) is 3.45. The summed E-state index contributed by atoms with van der Waals surface area (Å²) in [7, 11) is 0. The van der Waals surface area contributed by atoms with Crippen LogP contribution in [0.5, 0.6) is 0 Å². The molecule has 0 saturated heterocycles. The minimum atomic E-state index is -0.537. The van der Waals surface area contributed by atoms with Gasteiger partial charge >= 0.3 is 5.97 Å². The van der Waals surface area contributed by atoms with Gasteiger partial charge in [-0.05, 0) is 37.5 Å². The molecular weight excluding hydrogens is 224 g/mol. The van der Waals surface area contributed by atoms with Crippen molar-refractivity contribution in [3.8, 4) is 0 Å². The molecule has 94 valence electrons. The molecule has 0 heterocycles. The minimum absolute atomic E-state index is 0.0671. The Balaban J connectivity index is 2.61. The van der Waals surface area contributed by atoms with E-state index in [2.05, 4.69) is 20.8 Å². The first kappa shape index (κ1) is 13.8. The molecule has 0 aromatic rings. The highest BCUT2D eigenvalue weighted by Crippen LogP contribution is 2.35. The van der Waals surface area contributed by atoms with E-state index in [1.165, 1.54) is 6.42 Å². The first-order chi connectivity index (χ1) is 7.41. The monoisotopic (exact) mass is 246 g/mol. The molecule has 2 nitrogen and oxygen atoms in total. The number of hydrogen-bond acceptors (Lipinski definition) is 2. The van der Waals surface area contributed by atoms with Crippen LogP contribution in [0, 0.1) is 17.8 Å². The summed E-state index contributed by atoms with van der Waals surface area (Å²) in [5, 5.41) is -0.537. The number of halogens is 1. The average Bonchev–Trinajstić information content (AvgIpc) is 2.16. The van der Waals surface area contributed by atoms with Crippen LogP contribution in [-0.4, -0.2) is 17.5 Å². The fraction of sp³-hybridized carbons (Fsp3) is 0.923. The summed E-state index contributed by atoms with van der Waals surface area (Å²) in [6, 6.07) is 0. The van der Waals surface area contributed by atoms with Crippen molar-refractivity contribution >= 4 is 17.6 Å². The Bertz CT molecular complexity index is 238. The van der Waals surface area contributed by atoms with Crippen molar-refractivity contribution in [2.75, 3.05) is 0 Å². The van der Waals surface area contributed by atoms with Gasteiger partial charge < -0.3 is 4.74 Å². The minimum Gasteiger partial charge on any atom is -0.461 e. The Morgan fingerprint density at radius 2 is 1.94 bits per heavy atom. The van der Waals surface area contributed by atoms with E-state index in [1.807, 2.05) is 0 Å². The van der Waals surface area contributed by atoms with Crippen molar-refractivity contribution in [1.29, 1.82) is 0 Å². The molecule has 0 bridgehead atoms. The molecule has 0 N–H and O–H groups in total. The second kappa shape index (κ2) is 5.90. The third-order valence-electron chi connectivity index (χ3n) is 3.55. The van der Waals surface area contributed by atoms with Crippen molar-refractivity contribution in [2.24, 2.45) is 17.8 Å². The van der Waals surface area contributed by atoms with E-state index in [4.69, 9.17) is 16.3 Å². The summed E-state index contributed by atoms with van der Waals surface area (Å²) in [6.45, 7) is 8.29. The molecule has 0 aliphatic heterocycles. The molecule has 0 unspecified atom stereocenters. The zero-order chi connectivity index (χ0) is 12.3.